The number of aromatic nitrogens is 2. The minimum Gasteiger partial charge on any atom is -0.378 e. The molecule has 0 aliphatic heterocycles. The molecule has 2 aromatic heterocycles. The van der Waals surface area contributed by atoms with Gasteiger partial charge in [0.2, 0.25) is 5.82 Å². The van der Waals surface area contributed by atoms with E-state index < -0.39 is 4.92 Å². The predicted octanol–water partition coefficient (Wildman–Crippen LogP) is 2.25. The SMILES string of the molecule is Nc1c([N+](=O)[O-])cnn1Cc1cc(Br)cs1. The van der Waals surface area contributed by atoms with Gasteiger partial charge in [-0.15, -0.1) is 11.3 Å². The van der Waals surface area contributed by atoms with Crippen molar-refractivity contribution in [2.45, 2.75) is 6.54 Å². The Labute approximate surface area is 103 Å². The Morgan fingerprint density at radius 3 is 2.94 bits per heavy atom. The van der Waals surface area contributed by atoms with Crippen LogP contribution >= 0.6 is 27.3 Å². The van der Waals surface area contributed by atoms with Crippen molar-refractivity contribution in [3.8, 4) is 0 Å². The number of hydrogen-bond donors (Lipinski definition) is 1. The minimum absolute atomic E-state index is 0.0783. The molecule has 0 fully saturated rings. The van der Waals surface area contributed by atoms with Gasteiger partial charge in [-0.3, -0.25) is 10.1 Å². The van der Waals surface area contributed by atoms with Crippen molar-refractivity contribution < 1.29 is 4.92 Å². The Hall–Kier alpha value is -1.41. The number of nitrogen functional groups attached to an aromatic ring is 1. The second kappa shape index (κ2) is 4.22. The van der Waals surface area contributed by atoms with Gasteiger partial charge in [-0.2, -0.15) is 5.10 Å². The van der Waals surface area contributed by atoms with E-state index in [2.05, 4.69) is 21.0 Å². The maximum atomic E-state index is 10.6. The molecule has 0 bridgehead atoms. The molecule has 0 radical (unpaired) electrons. The molecule has 0 saturated heterocycles. The Morgan fingerprint density at radius 1 is 1.69 bits per heavy atom. The van der Waals surface area contributed by atoms with E-state index in [1.54, 1.807) is 0 Å². The molecular formula is C8H7BrN4O2S. The summed E-state index contributed by atoms with van der Waals surface area (Å²) in [5.74, 6) is 0.0783. The van der Waals surface area contributed by atoms with Gasteiger partial charge in [-0.25, -0.2) is 4.68 Å². The number of nitrogens with two attached hydrogens (primary N) is 1. The maximum Gasteiger partial charge on any atom is 0.330 e. The van der Waals surface area contributed by atoms with E-state index in [1.807, 2.05) is 11.4 Å². The summed E-state index contributed by atoms with van der Waals surface area (Å²) in [6.45, 7) is 0.440. The highest BCUT2D eigenvalue weighted by atomic mass is 79.9. The zero-order valence-corrected chi connectivity index (χ0v) is 10.4. The molecule has 2 N–H and O–H groups in total. The molecule has 0 atom stereocenters. The van der Waals surface area contributed by atoms with Crippen molar-refractivity contribution in [1.82, 2.24) is 9.78 Å². The number of rotatable bonds is 3. The highest BCUT2D eigenvalue weighted by Crippen LogP contribution is 2.24. The quantitative estimate of drug-likeness (QED) is 0.696. The lowest BCUT2D eigenvalue weighted by atomic mass is 10.4. The molecule has 2 aromatic rings. The number of thiophene rings is 1. The Balaban J connectivity index is 2.25. The van der Waals surface area contributed by atoms with E-state index in [0.717, 1.165) is 15.5 Å². The normalized spacial score (nSPS) is 10.6. The monoisotopic (exact) mass is 302 g/mol. The standard InChI is InChI=1S/C8H7BrN4O2S/c9-5-1-6(16-4-5)3-12-8(10)7(2-11-12)13(14)15/h1-2,4H,3,10H2. The van der Waals surface area contributed by atoms with Crippen LogP contribution in [0.1, 0.15) is 4.88 Å². The van der Waals surface area contributed by atoms with Crippen molar-refractivity contribution in [3.63, 3.8) is 0 Å². The second-order valence-electron chi connectivity index (χ2n) is 3.06. The van der Waals surface area contributed by atoms with Gasteiger partial charge in [0.15, 0.2) is 0 Å². The Bertz CT molecular complexity index is 536. The lowest BCUT2D eigenvalue weighted by molar-refractivity contribution is -0.384. The van der Waals surface area contributed by atoms with Crippen molar-refractivity contribution in [3.05, 3.63) is 37.1 Å². The van der Waals surface area contributed by atoms with Crippen molar-refractivity contribution in [2.24, 2.45) is 0 Å². The molecule has 2 rings (SSSR count). The van der Waals surface area contributed by atoms with E-state index in [9.17, 15) is 10.1 Å². The number of halogens is 1. The van der Waals surface area contributed by atoms with Gasteiger partial charge in [0.05, 0.1) is 11.5 Å². The topological polar surface area (TPSA) is 87.0 Å². The van der Waals surface area contributed by atoms with Gasteiger partial charge < -0.3 is 5.73 Å². The summed E-state index contributed by atoms with van der Waals surface area (Å²) >= 11 is 4.87. The average Bonchev–Trinajstić information content (AvgIpc) is 2.76. The molecular weight excluding hydrogens is 296 g/mol. The third kappa shape index (κ3) is 2.07. The zero-order valence-electron chi connectivity index (χ0n) is 7.96. The molecule has 0 aliphatic carbocycles. The van der Waals surface area contributed by atoms with E-state index in [1.165, 1.54) is 16.0 Å². The first-order chi connectivity index (χ1) is 7.58. The Morgan fingerprint density at radius 2 is 2.44 bits per heavy atom. The van der Waals surface area contributed by atoms with Crippen molar-refractivity contribution in [1.29, 1.82) is 0 Å². The van der Waals surface area contributed by atoms with Crippen LogP contribution in [-0.4, -0.2) is 14.7 Å². The van der Waals surface area contributed by atoms with Crippen LogP contribution in [0.25, 0.3) is 0 Å². The van der Waals surface area contributed by atoms with Crippen LogP contribution in [0, 0.1) is 10.1 Å². The highest BCUT2D eigenvalue weighted by Gasteiger charge is 2.17. The van der Waals surface area contributed by atoms with Gasteiger partial charge in [-0.1, -0.05) is 0 Å². The second-order valence-corrected chi connectivity index (χ2v) is 4.97. The van der Waals surface area contributed by atoms with Crippen LogP contribution in [0.2, 0.25) is 0 Å². The summed E-state index contributed by atoms with van der Waals surface area (Å²) in [4.78, 5) is 11.0. The van der Waals surface area contributed by atoms with Crippen LogP contribution in [0.5, 0.6) is 0 Å². The maximum absolute atomic E-state index is 10.6. The third-order valence-electron chi connectivity index (χ3n) is 1.98. The van der Waals surface area contributed by atoms with E-state index in [0.29, 0.717) is 6.54 Å². The average molecular weight is 303 g/mol. The minimum atomic E-state index is -0.539. The molecule has 0 saturated carbocycles. The molecule has 8 heteroatoms. The summed E-state index contributed by atoms with van der Waals surface area (Å²) < 4.78 is 2.39. The van der Waals surface area contributed by atoms with Crippen LogP contribution < -0.4 is 5.73 Å². The molecule has 2 heterocycles. The van der Waals surface area contributed by atoms with Gasteiger partial charge in [0.25, 0.3) is 0 Å². The van der Waals surface area contributed by atoms with Crippen LogP contribution in [0.4, 0.5) is 11.5 Å². The van der Waals surface area contributed by atoms with Gasteiger partial charge in [-0.05, 0) is 22.0 Å². The number of nitro groups is 1. The van der Waals surface area contributed by atoms with E-state index >= 15 is 0 Å². The number of hydrogen-bond acceptors (Lipinski definition) is 5. The van der Waals surface area contributed by atoms with Crippen LogP contribution in [0.15, 0.2) is 22.1 Å². The van der Waals surface area contributed by atoms with Crippen LogP contribution in [0.3, 0.4) is 0 Å². The van der Waals surface area contributed by atoms with Crippen molar-refractivity contribution in [2.75, 3.05) is 5.73 Å². The van der Waals surface area contributed by atoms with Gasteiger partial charge in [0, 0.05) is 14.7 Å². The first-order valence-corrected chi connectivity index (χ1v) is 5.94. The fraction of sp³-hybridized carbons (Fsp3) is 0.125. The van der Waals surface area contributed by atoms with Crippen molar-refractivity contribution >= 4 is 38.8 Å². The van der Waals surface area contributed by atoms with Gasteiger partial charge >= 0.3 is 5.69 Å². The molecule has 6 nitrogen and oxygen atoms in total. The van der Waals surface area contributed by atoms with Crippen LogP contribution in [-0.2, 0) is 6.54 Å². The molecule has 0 spiro atoms. The number of nitrogens with zero attached hydrogens (tertiary/aromatic N) is 3. The van der Waals surface area contributed by atoms with Gasteiger partial charge in [0.1, 0.15) is 6.20 Å². The summed E-state index contributed by atoms with van der Waals surface area (Å²) in [5.41, 5.74) is 5.45. The molecule has 84 valence electrons. The molecule has 0 unspecified atom stereocenters. The lowest BCUT2D eigenvalue weighted by Gasteiger charge is -1.99. The first kappa shape index (κ1) is 11.1. The fourth-order valence-corrected chi connectivity index (χ4v) is 2.67. The summed E-state index contributed by atoms with van der Waals surface area (Å²) in [5, 5.41) is 16.4. The lowest BCUT2D eigenvalue weighted by Crippen LogP contribution is -2.05. The highest BCUT2D eigenvalue weighted by molar-refractivity contribution is 9.10. The zero-order chi connectivity index (χ0) is 11.7. The smallest absolute Gasteiger partial charge is 0.330 e. The van der Waals surface area contributed by atoms with E-state index in [4.69, 9.17) is 5.73 Å². The summed E-state index contributed by atoms with van der Waals surface area (Å²) in [6, 6.07) is 1.93. The third-order valence-corrected chi connectivity index (χ3v) is 3.67. The molecule has 0 amide bonds. The van der Waals surface area contributed by atoms with E-state index in [-0.39, 0.29) is 11.5 Å². The largest absolute Gasteiger partial charge is 0.378 e. The number of anilines is 1. The molecule has 0 aliphatic rings. The molecule has 16 heavy (non-hydrogen) atoms. The first-order valence-electron chi connectivity index (χ1n) is 4.26. The predicted molar refractivity (Wildman–Crippen MR) is 64.4 cm³/mol. The fourth-order valence-electron chi connectivity index (χ4n) is 1.24. The Kier molecular flexibility index (Phi) is 2.92. The summed E-state index contributed by atoms with van der Waals surface area (Å²) in [7, 11) is 0. The molecule has 0 aromatic carbocycles. The summed E-state index contributed by atoms with van der Waals surface area (Å²) in [6.07, 6.45) is 1.16.